The molecule has 94 valence electrons. The molecule has 0 atom stereocenters. The van der Waals surface area contributed by atoms with Crippen LogP contribution in [0.1, 0.15) is 11.1 Å². The maximum atomic E-state index is 5.96. The minimum atomic E-state index is 0.489. The first-order valence-electron chi connectivity index (χ1n) is 5.33. The number of nitrogen functional groups attached to an aromatic ring is 1. The zero-order valence-electron chi connectivity index (χ0n) is 10.00. The molecule has 0 radical (unpaired) electrons. The van der Waals surface area contributed by atoms with Gasteiger partial charge in [0.05, 0.1) is 16.4 Å². The number of anilines is 1. The van der Waals surface area contributed by atoms with Gasteiger partial charge >= 0.3 is 0 Å². The predicted molar refractivity (Wildman–Crippen MR) is 77.3 cm³/mol. The van der Waals surface area contributed by atoms with Gasteiger partial charge in [-0.05, 0) is 59.1 Å². The molecule has 18 heavy (non-hydrogen) atoms. The molecule has 5 heteroatoms. The number of halogens is 2. The molecule has 2 N–H and O–H groups in total. The zero-order chi connectivity index (χ0) is 13.3. The van der Waals surface area contributed by atoms with Gasteiger partial charge in [-0.25, -0.2) is 4.98 Å². The first-order chi connectivity index (χ1) is 8.49. The van der Waals surface area contributed by atoms with Crippen LogP contribution in [0.2, 0.25) is 5.02 Å². The molecule has 0 aliphatic rings. The number of rotatable bonds is 2. The molecule has 1 aromatic carbocycles. The van der Waals surface area contributed by atoms with E-state index >= 15 is 0 Å². The van der Waals surface area contributed by atoms with E-state index in [1.54, 1.807) is 18.3 Å². The summed E-state index contributed by atoms with van der Waals surface area (Å²) >= 11 is 9.39. The highest BCUT2D eigenvalue weighted by Gasteiger charge is 2.10. The summed E-state index contributed by atoms with van der Waals surface area (Å²) in [5.41, 5.74) is 8.25. The van der Waals surface area contributed by atoms with Crippen LogP contribution in [-0.2, 0) is 0 Å². The number of hydrogen-bond acceptors (Lipinski definition) is 3. The van der Waals surface area contributed by atoms with E-state index in [-0.39, 0.29) is 0 Å². The average Bonchev–Trinajstić information content (AvgIpc) is 2.34. The molecule has 2 aromatic rings. The molecule has 1 aromatic heterocycles. The molecule has 0 unspecified atom stereocenters. The Labute approximate surface area is 119 Å². The van der Waals surface area contributed by atoms with Crippen molar-refractivity contribution < 1.29 is 4.74 Å². The topological polar surface area (TPSA) is 48.1 Å². The minimum absolute atomic E-state index is 0.489. The maximum Gasteiger partial charge on any atom is 0.233 e. The van der Waals surface area contributed by atoms with Crippen molar-refractivity contribution in [1.82, 2.24) is 4.98 Å². The third kappa shape index (κ3) is 2.60. The van der Waals surface area contributed by atoms with E-state index in [2.05, 4.69) is 20.9 Å². The van der Waals surface area contributed by atoms with Crippen molar-refractivity contribution in [1.29, 1.82) is 0 Å². The predicted octanol–water partition coefficient (Wildman–Crippen LogP) is 4.49. The van der Waals surface area contributed by atoms with Crippen LogP contribution in [0.15, 0.2) is 28.9 Å². The number of benzene rings is 1. The van der Waals surface area contributed by atoms with Gasteiger partial charge in [0.2, 0.25) is 5.88 Å². The Kier molecular flexibility index (Phi) is 3.78. The van der Waals surface area contributed by atoms with Crippen LogP contribution in [0.3, 0.4) is 0 Å². The normalized spacial score (nSPS) is 10.4. The average molecular weight is 328 g/mol. The van der Waals surface area contributed by atoms with Crippen LogP contribution in [0.5, 0.6) is 11.6 Å². The van der Waals surface area contributed by atoms with E-state index < -0.39 is 0 Å². The number of aromatic nitrogens is 1. The van der Waals surface area contributed by atoms with Gasteiger partial charge in [0.25, 0.3) is 0 Å². The summed E-state index contributed by atoms with van der Waals surface area (Å²) in [5.74, 6) is 1.18. The van der Waals surface area contributed by atoms with Crippen LogP contribution >= 0.6 is 27.5 Å². The third-order valence-corrected chi connectivity index (χ3v) is 3.97. The Hall–Kier alpha value is -1.26. The minimum Gasteiger partial charge on any atom is -0.438 e. The van der Waals surface area contributed by atoms with Crippen LogP contribution in [0.4, 0.5) is 5.69 Å². The Morgan fingerprint density at radius 1 is 1.33 bits per heavy atom. The largest absolute Gasteiger partial charge is 0.438 e. The summed E-state index contributed by atoms with van der Waals surface area (Å²) in [7, 11) is 0. The lowest BCUT2D eigenvalue weighted by atomic mass is 10.2. The molecular weight excluding hydrogens is 316 g/mol. The smallest absolute Gasteiger partial charge is 0.233 e. The van der Waals surface area contributed by atoms with Gasteiger partial charge in [0, 0.05) is 5.02 Å². The van der Waals surface area contributed by atoms with Gasteiger partial charge in [-0.2, -0.15) is 0 Å². The van der Waals surface area contributed by atoms with E-state index in [0.29, 0.717) is 22.3 Å². The Morgan fingerprint density at radius 3 is 2.72 bits per heavy atom. The van der Waals surface area contributed by atoms with Gasteiger partial charge in [0.1, 0.15) is 5.75 Å². The number of nitrogens with zero attached hydrogens (tertiary/aromatic N) is 1. The lowest BCUT2D eigenvalue weighted by molar-refractivity contribution is 0.459. The van der Waals surface area contributed by atoms with Crippen molar-refractivity contribution in [2.45, 2.75) is 13.8 Å². The number of aryl methyl sites for hydroxylation is 1. The standard InChI is InChI=1S/C13H12BrClN2O/c1-7-5-9(3-4-10(7)15)18-13-12(14)8(2)11(16)6-17-13/h3-6H,16H2,1-2H3. The van der Waals surface area contributed by atoms with Crippen molar-refractivity contribution in [2.24, 2.45) is 0 Å². The SMILES string of the molecule is Cc1cc(Oc2ncc(N)c(C)c2Br)ccc1Cl. The monoisotopic (exact) mass is 326 g/mol. The molecule has 0 aliphatic heterocycles. The van der Waals surface area contributed by atoms with E-state index in [9.17, 15) is 0 Å². The molecule has 2 rings (SSSR count). The zero-order valence-corrected chi connectivity index (χ0v) is 12.3. The summed E-state index contributed by atoms with van der Waals surface area (Å²) in [6.07, 6.45) is 1.58. The second-order valence-electron chi connectivity index (χ2n) is 3.97. The van der Waals surface area contributed by atoms with Crippen LogP contribution in [-0.4, -0.2) is 4.98 Å². The Bertz CT molecular complexity index is 602. The first-order valence-corrected chi connectivity index (χ1v) is 6.50. The lowest BCUT2D eigenvalue weighted by Crippen LogP contribution is -1.96. The van der Waals surface area contributed by atoms with Gasteiger partial charge < -0.3 is 10.5 Å². The number of ether oxygens (including phenoxy) is 1. The molecule has 0 bridgehead atoms. The summed E-state index contributed by atoms with van der Waals surface area (Å²) in [5, 5.41) is 0.711. The van der Waals surface area contributed by atoms with Crippen molar-refractivity contribution in [3.8, 4) is 11.6 Å². The number of pyridine rings is 1. The van der Waals surface area contributed by atoms with Gasteiger partial charge in [-0.3, -0.25) is 0 Å². The summed E-state index contributed by atoms with van der Waals surface area (Å²) in [4.78, 5) is 4.16. The molecule has 3 nitrogen and oxygen atoms in total. The maximum absolute atomic E-state index is 5.96. The Balaban J connectivity index is 2.34. The molecule has 0 spiro atoms. The quantitative estimate of drug-likeness (QED) is 0.884. The molecule has 0 saturated carbocycles. The van der Waals surface area contributed by atoms with Crippen LogP contribution in [0, 0.1) is 13.8 Å². The van der Waals surface area contributed by atoms with Gasteiger partial charge in [0.15, 0.2) is 0 Å². The number of nitrogens with two attached hydrogens (primary N) is 1. The second kappa shape index (κ2) is 5.16. The summed E-state index contributed by atoms with van der Waals surface area (Å²) < 4.78 is 6.47. The third-order valence-electron chi connectivity index (χ3n) is 2.61. The highest BCUT2D eigenvalue weighted by molar-refractivity contribution is 9.10. The number of hydrogen-bond donors (Lipinski definition) is 1. The molecule has 0 saturated heterocycles. The fourth-order valence-corrected chi connectivity index (χ4v) is 1.96. The van der Waals surface area contributed by atoms with Gasteiger partial charge in [-0.1, -0.05) is 11.6 Å². The van der Waals surface area contributed by atoms with Crippen LogP contribution in [0.25, 0.3) is 0 Å². The second-order valence-corrected chi connectivity index (χ2v) is 5.17. The van der Waals surface area contributed by atoms with Crippen LogP contribution < -0.4 is 10.5 Å². The van der Waals surface area contributed by atoms with Gasteiger partial charge in [-0.15, -0.1) is 0 Å². The fraction of sp³-hybridized carbons (Fsp3) is 0.154. The van der Waals surface area contributed by atoms with E-state index in [1.165, 1.54) is 0 Å². The Morgan fingerprint density at radius 2 is 2.06 bits per heavy atom. The van der Waals surface area contributed by atoms with Crippen molar-refractivity contribution in [2.75, 3.05) is 5.73 Å². The highest BCUT2D eigenvalue weighted by Crippen LogP contribution is 2.33. The molecule has 0 fully saturated rings. The molecule has 1 heterocycles. The lowest BCUT2D eigenvalue weighted by Gasteiger charge is -2.10. The van der Waals surface area contributed by atoms with E-state index in [0.717, 1.165) is 15.6 Å². The van der Waals surface area contributed by atoms with Crippen molar-refractivity contribution in [3.05, 3.63) is 45.0 Å². The highest BCUT2D eigenvalue weighted by atomic mass is 79.9. The van der Waals surface area contributed by atoms with Crippen molar-refractivity contribution >= 4 is 33.2 Å². The summed E-state index contributed by atoms with van der Waals surface area (Å²) in [6.45, 7) is 3.83. The molecule has 0 aliphatic carbocycles. The molecular formula is C13H12BrClN2O. The van der Waals surface area contributed by atoms with Crippen molar-refractivity contribution in [3.63, 3.8) is 0 Å². The fourth-order valence-electron chi connectivity index (χ4n) is 1.43. The summed E-state index contributed by atoms with van der Waals surface area (Å²) in [6, 6.07) is 5.46. The molecule has 0 amide bonds. The first kappa shape index (κ1) is 13.2. The van der Waals surface area contributed by atoms with E-state index in [1.807, 2.05) is 19.9 Å². The van der Waals surface area contributed by atoms with E-state index in [4.69, 9.17) is 22.1 Å².